The summed E-state index contributed by atoms with van der Waals surface area (Å²) in [4.78, 5) is 0. The summed E-state index contributed by atoms with van der Waals surface area (Å²) in [6, 6.07) is 0. The van der Waals surface area contributed by atoms with Crippen molar-refractivity contribution in [3.05, 3.63) is 0 Å². The van der Waals surface area contributed by atoms with E-state index in [1.165, 1.54) is 0 Å². The number of rotatable bonds is 0. The molecule has 0 heterocycles. The Labute approximate surface area is 75.2 Å². The maximum absolute atomic E-state index is 0. The summed E-state index contributed by atoms with van der Waals surface area (Å²) in [5, 5.41) is 0. The molecule has 0 unspecified atom stereocenters. The molecular formula is H7BiCl4. The second-order valence-electron chi connectivity index (χ2n) is 0. The molecule has 0 N–H and O–H groups in total. The van der Waals surface area contributed by atoms with Gasteiger partial charge in [-0.1, -0.05) is 0 Å². The van der Waals surface area contributed by atoms with Crippen molar-refractivity contribution in [1.82, 2.24) is 0 Å². The topological polar surface area (TPSA) is 0 Å². The van der Waals surface area contributed by atoms with Gasteiger partial charge in [-0.3, -0.25) is 0 Å². The summed E-state index contributed by atoms with van der Waals surface area (Å²) in [6.07, 6.45) is 0. The molecule has 0 bridgehead atoms. The van der Waals surface area contributed by atoms with Gasteiger partial charge in [0.15, 0.2) is 0 Å². The van der Waals surface area contributed by atoms with Gasteiger partial charge in [-0.15, -0.1) is 49.6 Å². The van der Waals surface area contributed by atoms with Gasteiger partial charge in [0, 0.05) is 0 Å². The van der Waals surface area contributed by atoms with Crippen LogP contribution in [0.1, 0.15) is 0 Å². The maximum atomic E-state index is 0. The van der Waals surface area contributed by atoms with Crippen molar-refractivity contribution < 1.29 is 0 Å². The third kappa shape index (κ3) is 23.7. The first-order chi connectivity index (χ1) is 0. The summed E-state index contributed by atoms with van der Waals surface area (Å²) in [5.41, 5.74) is 0. The van der Waals surface area contributed by atoms with Crippen molar-refractivity contribution in [1.29, 1.82) is 0 Å². The van der Waals surface area contributed by atoms with Crippen LogP contribution in [0, 0.1) is 0 Å². The van der Waals surface area contributed by atoms with Crippen molar-refractivity contribution in [3.8, 4) is 0 Å². The first kappa shape index (κ1) is 61.6. The van der Waals surface area contributed by atoms with Crippen molar-refractivity contribution in [2.75, 3.05) is 0 Å². The van der Waals surface area contributed by atoms with Crippen molar-refractivity contribution in [2.45, 2.75) is 0 Å². The van der Waals surface area contributed by atoms with Gasteiger partial charge in [0.05, 0.1) is 0 Å². The Morgan fingerprint density at radius 2 is 0.400 bits per heavy atom. The molecule has 0 spiro atoms. The molecule has 0 saturated carbocycles. The third-order valence-corrected chi connectivity index (χ3v) is 0. The van der Waals surface area contributed by atoms with Gasteiger partial charge in [0.1, 0.15) is 0 Å². The van der Waals surface area contributed by atoms with E-state index in [0.29, 0.717) is 0 Å². The van der Waals surface area contributed by atoms with E-state index >= 15 is 0 Å². The molecule has 0 aliphatic heterocycles. The molecule has 0 aliphatic rings. The van der Waals surface area contributed by atoms with Gasteiger partial charge in [-0.05, 0) is 0 Å². The third-order valence-electron chi connectivity index (χ3n) is 0. The van der Waals surface area contributed by atoms with Gasteiger partial charge < -0.3 is 0 Å². The predicted octanol–water partition coefficient (Wildman–Crippen LogP) is 0.503. The molecule has 0 saturated heterocycles. The van der Waals surface area contributed by atoms with Crippen LogP contribution in [0.15, 0.2) is 0 Å². The zero-order valence-corrected chi connectivity index (χ0v) is 11.1. The van der Waals surface area contributed by atoms with E-state index in [1.807, 2.05) is 0 Å². The molecule has 0 aromatic carbocycles. The second kappa shape index (κ2) is 36.8. The Morgan fingerprint density at radius 3 is 0.400 bits per heavy atom. The van der Waals surface area contributed by atoms with E-state index in [1.54, 1.807) is 0 Å². The molecule has 5 heavy (non-hydrogen) atoms. The SMILES string of the molecule is Cl.Cl.Cl.Cl.[BiH3]. The van der Waals surface area contributed by atoms with Crippen molar-refractivity contribution in [3.63, 3.8) is 0 Å². The van der Waals surface area contributed by atoms with Crippen LogP contribution in [0.25, 0.3) is 0 Å². The Balaban J connectivity index is 0. The molecule has 0 nitrogen and oxygen atoms in total. The van der Waals surface area contributed by atoms with Crippen LogP contribution in [0.3, 0.4) is 0 Å². The van der Waals surface area contributed by atoms with Crippen LogP contribution in [0.4, 0.5) is 0 Å². The Bertz CT molecular complexity index is 3.61. The fourth-order valence-electron chi connectivity index (χ4n) is 0. The zero-order chi connectivity index (χ0) is 0. The molecule has 0 radical (unpaired) electrons. The average molecular weight is 358 g/mol. The van der Waals surface area contributed by atoms with Crippen LogP contribution in [0.2, 0.25) is 0 Å². The van der Waals surface area contributed by atoms with E-state index in [-0.39, 0.29) is 75.8 Å². The van der Waals surface area contributed by atoms with Gasteiger partial charge in [-0.25, -0.2) is 0 Å². The Kier molecular flexibility index (Phi) is 454. The normalized spacial score (nSPS) is 0. The average Bonchev–Trinajstić information content (AvgIpc) is 0. The number of hydrogen-bond acceptors (Lipinski definition) is 0. The van der Waals surface area contributed by atoms with E-state index in [9.17, 15) is 0 Å². The predicted molar refractivity (Wildman–Crippen MR) is 38.9 cm³/mol. The summed E-state index contributed by atoms with van der Waals surface area (Å²) in [5.74, 6) is 0. The van der Waals surface area contributed by atoms with E-state index in [2.05, 4.69) is 0 Å². The molecule has 0 rings (SSSR count). The van der Waals surface area contributed by atoms with Crippen LogP contribution >= 0.6 is 49.6 Å². The molecule has 40 valence electrons. The summed E-state index contributed by atoms with van der Waals surface area (Å²) < 4.78 is 0. The standard InChI is InChI=1S/Bi.4ClH.3H/h;4*1H;;;. The van der Waals surface area contributed by atoms with Gasteiger partial charge in [0.2, 0.25) is 0 Å². The number of hydrogen-bond donors (Lipinski definition) is 0. The van der Waals surface area contributed by atoms with Crippen molar-refractivity contribution >= 4 is 75.8 Å². The number of halogens is 4. The summed E-state index contributed by atoms with van der Waals surface area (Å²) in [6.45, 7) is 0. The molecule has 0 aromatic heterocycles. The Morgan fingerprint density at radius 1 is 0.400 bits per heavy atom. The van der Waals surface area contributed by atoms with E-state index < -0.39 is 0 Å². The molecule has 0 amide bonds. The zero-order valence-electron chi connectivity index (χ0n) is 2.34. The quantitative estimate of drug-likeness (QED) is 0.554. The first-order valence-electron chi connectivity index (χ1n) is 0. The van der Waals surface area contributed by atoms with Crippen molar-refractivity contribution in [2.24, 2.45) is 0 Å². The minimum atomic E-state index is 0. The van der Waals surface area contributed by atoms with Crippen LogP contribution in [0.5, 0.6) is 0 Å². The molecular weight excluding hydrogens is 351 g/mol. The molecule has 0 aliphatic carbocycles. The Hall–Kier alpha value is 2.04. The minimum absolute atomic E-state index is 0. The van der Waals surface area contributed by atoms with Gasteiger partial charge in [0.25, 0.3) is 0 Å². The summed E-state index contributed by atoms with van der Waals surface area (Å²) >= 11 is 0. The molecule has 0 atom stereocenters. The van der Waals surface area contributed by atoms with Gasteiger partial charge in [-0.2, -0.15) is 0 Å². The summed E-state index contributed by atoms with van der Waals surface area (Å²) in [7, 11) is 0. The first-order valence-corrected chi connectivity index (χ1v) is 0. The molecule has 0 fully saturated rings. The fourth-order valence-corrected chi connectivity index (χ4v) is 0. The van der Waals surface area contributed by atoms with E-state index in [0.717, 1.165) is 0 Å². The molecule has 5 heteroatoms. The second-order valence-corrected chi connectivity index (χ2v) is 0. The molecule has 0 aromatic rings. The van der Waals surface area contributed by atoms with Crippen LogP contribution in [-0.2, 0) is 0 Å². The van der Waals surface area contributed by atoms with Crippen LogP contribution < -0.4 is 0 Å². The monoisotopic (exact) mass is 356 g/mol. The van der Waals surface area contributed by atoms with Gasteiger partial charge >= 0.3 is 26.2 Å². The fraction of sp³-hybridized carbons (Fsp3) is 0. The van der Waals surface area contributed by atoms with Crippen LogP contribution in [-0.4, -0.2) is 26.2 Å². The van der Waals surface area contributed by atoms with E-state index in [4.69, 9.17) is 0 Å².